The Bertz CT molecular complexity index is 334. The topological polar surface area (TPSA) is 68.3 Å². The number of nitrogens with two attached hydrogens (primary N) is 1. The van der Waals surface area contributed by atoms with Crippen molar-refractivity contribution in [3.05, 3.63) is 18.0 Å². The van der Waals surface area contributed by atoms with E-state index in [-0.39, 0.29) is 6.04 Å². The number of hydrogen-bond donors (Lipinski definition) is 2. The number of hydrogen-bond acceptors (Lipinski definition) is 5. The van der Waals surface area contributed by atoms with E-state index in [4.69, 9.17) is 10.5 Å². The van der Waals surface area contributed by atoms with Crippen molar-refractivity contribution in [2.75, 3.05) is 32.8 Å². The van der Waals surface area contributed by atoms with Crippen LogP contribution < -0.4 is 11.2 Å². The first-order valence-electron chi connectivity index (χ1n) is 6.14. The van der Waals surface area contributed by atoms with Crippen molar-refractivity contribution < 1.29 is 4.74 Å². The summed E-state index contributed by atoms with van der Waals surface area (Å²) in [6.45, 7) is 6.87. The van der Waals surface area contributed by atoms with E-state index >= 15 is 0 Å². The van der Waals surface area contributed by atoms with Crippen LogP contribution in [0.5, 0.6) is 0 Å². The molecule has 1 aliphatic heterocycles. The maximum atomic E-state index is 5.82. The molecule has 17 heavy (non-hydrogen) atoms. The molecule has 2 heterocycles. The van der Waals surface area contributed by atoms with Crippen molar-refractivity contribution in [2.45, 2.75) is 19.5 Å². The molecule has 0 bridgehead atoms. The normalized spacial score (nSPS) is 19.4. The van der Waals surface area contributed by atoms with Gasteiger partial charge in [-0.25, -0.2) is 10.4 Å². The number of hydrazine groups is 1. The van der Waals surface area contributed by atoms with Gasteiger partial charge in [-0.3, -0.25) is 4.68 Å². The number of aryl methyl sites for hydroxylation is 1. The highest BCUT2D eigenvalue weighted by molar-refractivity contribution is 5.10. The molecule has 0 aliphatic carbocycles. The van der Waals surface area contributed by atoms with E-state index in [1.54, 1.807) is 0 Å². The Morgan fingerprint density at radius 2 is 2.29 bits per heavy atom. The predicted molar refractivity (Wildman–Crippen MR) is 65.2 cm³/mol. The molecule has 3 N–H and O–H groups in total. The minimum Gasteiger partial charge on any atom is -0.379 e. The third-order valence-corrected chi connectivity index (χ3v) is 2.96. The number of nitrogens with zero attached hydrogens (tertiary/aromatic N) is 3. The first-order valence-corrected chi connectivity index (χ1v) is 6.14. The molecule has 1 unspecified atom stereocenters. The first kappa shape index (κ1) is 12.5. The standard InChI is InChI=1S/C11H21N5O/c1-2-15-9-10(8-13-15)11(7-12)14-16-3-5-17-6-4-16/h8-9,11,14H,2-7,12H2,1H3. The van der Waals surface area contributed by atoms with E-state index in [0.717, 1.165) is 38.4 Å². The molecule has 0 saturated carbocycles. The number of aromatic nitrogens is 2. The summed E-state index contributed by atoms with van der Waals surface area (Å²) >= 11 is 0. The third-order valence-electron chi connectivity index (χ3n) is 2.96. The average Bonchev–Trinajstić information content (AvgIpc) is 2.86. The van der Waals surface area contributed by atoms with Gasteiger partial charge in [-0.2, -0.15) is 5.10 Å². The number of nitrogens with one attached hydrogen (secondary N) is 1. The molecule has 1 atom stereocenters. The van der Waals surface area contributed by atoms with Gasteiger partial charge in [0.1, 0.15) is 0 Å². The van der Waals surface area contributed by atoms with Crippen molar-refractivity contribution in [3.63, 3.8) is 0 Å². The Labute approximate surface area is 102 Å². The maximum Gasteiger partial charge on any atom is 0.0618 e. The number of rotatable bonds is 5. The lowest BCUT2D eigenvalue weighted by Crippen LogP contribution is -2.48. The molecular weight excluding hydrogens is 218 g/mol. The summed E-state index contributed by atoms with van der Waals surface area (Å²) in [4.78, 5) is 0. The van der Waals surface area contributed by atoms with E-state index in [1.165, 1.54) is 0 Å². The van der Waals surface area contributed by atoms with Crippen molar-refractivity contribution in [3.8, 4) is 0 Å². The van der Waals surface area contributed by atoms with Gasteiger partial charge in [-0.1, -0.05) is 0 Å². The highest BCUT2D eigenvalue weighted by Gasteiger charge is 2.17. The van der Waals surface area contributed by atoms with E-state index in [2.05, 4.69) is 22.5 Å². The van der Waals surface area contributed by atoms with Crippen LogP contribution in [0, 0.1) is 0 Å². The Morgan fingerprint density at radius 3 is 2.88 bits per heavy atom. The average molecular weight is 239 g/mol. The van der Waals surface area contributed by atoms with Crippen LogP contribution in [0.15, 0.2) is 12.4 Å². The van der Waals surface area contributed by atoms with Crippen molar-refractivity contribution >= 4 is 0 Å². The third kappa shape index (κ3) is 3.26. The Hall–Kier alpha value is -0.950. The van der Waals surface area contributed by atoms with E-state index in [1.807, 2.05) is 17.1 Å². The largest absolute Gasteiger partial charge is 0.379 e. The highest BCUT2D eigenvalue weighted by atomic mass is 16.5. The van der Waals surface area contributed by atoms with Gasteiger partial charge >= 0.3 is 0 Å². The maximum absolute atomic E-state index is 5.82. The predicted octanol–water partition coefficient (Wildman–Crippen LogP) is -0.260. The highest BCUT2D eigenvalue weighted by Crippen LogP contribution is 2.11. The molecular formula is C11H21N5O. The van der Waals surface area contributed by atoms with Crippen LogP contribution in [0.3, 0.4) is 0 Å². The molecule has 1 saturated heterocycles. The quantitative estimate of drug-likeness (QED) is 0.741. The SMILES string of the molecule is CCn1cc(C(CN)NN2CCOCC2)cn1. The summed E-state index contributed by atoms with van der Waals surface area (Å²) in [5.41, 5.74) is 10.4. The Morgan fingerprint density at radius 1 is 1.53 bits per heavy atom. The van der Waals surface area contributed by atoms with Gasteiger partial charge < -0.3 is 10.5 Å². The van der Waals surface area contributed by atoms with Gasteiger partial charge in [0.15, 0.2) is 0 Å². The molecule has 6 heteroatoms. The molecule has 0 radical (unpaired) electrons. The van der Waals surface area contributed by atoms with Crippen molar-refractivity contribution in [1.29, 1.82) is 0 Å². The zero-order chi connectivity index (χ0) is 12.1. The van der Waals surface area contributed by atoms with Gasteiger partial charge in [0.25, 0.3) is 0 Å². The van der Waals surface area contributed by atoms with Crippen LogP contribution in [0.25, 0.3) is 0 Å². The van der Waals surface area contributed by atoms with E-state index in [9.17, 15) is 0 Å². The van der Waals surface area contributed by atoms with Gasteiger partial charge in [-0.15, -0.1) is 0 Å². The Balaban J connectivity index is 1.95. The smallest absolute Gasteiger partial charge is 0.0618 e. The molecule has 1 aromatic heterocycles. The molecule has 1 fully saturated rings. The van der Waals surface area contributed by atoms with Crippen LogP contribution in [-0.4, -0.2) is 47.6 Å². The second-order valence-corrected chi connectivity index (χ2v) is 4.15. The fraction of sp³-hybridized carbons (Fsp3) is 0.727. The Kier molecular flexibility index (Phi) is 4.49. The molecule has 2 rings (SSSR count). The van der Waals surface area contributed by atoms with Crippen LogP contribution in [-0.2, 0) is 11.3 Å². The monoisotopic (exact) mass is 239 g/mol. The lowest BCUT2D eigenvalue weighted by atomic mass is 10.2. The van der Waals surface area contributed by atoms with Crippen LogP contribution in [0.4, 0.5) is 0 Å². The van der Waals surface area contributed by atoms with E-state index in [0.29, 0.717) is 6.54 Å². The summed E-state index contributed by atoms with van der Waals surface area (Å²) in [6.07, 6.45) is 3.93. The summed E-state index contributed by atoms with van der Waals surface area (Å²) in [5, 5.41) is 6.45. The lowest BCUT2D eigenvalue weighted by molar-refractivity contribution is 0.00404. The lowest BCUT2D eigenvalue weighted by Gasteiger charge is -2.30. The minimum absolute atomic E-state index is 0.133. The van der Waals surface area contributed by atoms with Gasteiger partial charge in [-0.05, 0) is 6.92 Å². The minimum atomic E-state index is 0.133. The zero-order valence-corrected chi connectivity index (χ0v) is 10.3. The van der Waals surface area contributed by atoms with Gasteiger partial charge in [0, 0.05) is 37.9 Å². The molecule has 0 aromatic carbocycles. The second kappa shape index (κ2) is 6.11. The summed E-state index contributed by atoms with van der Waals surface area (Å²) in [5.74, 6) is 0. The van der Waals surface area contributed by atoms with Gasteiger partial charge in [0.2, 0.25) is 0 Å². The van der Waals surface area contributed by atoms with Crippen LogP contribution in [0.1, 0.15) is 18.5 Å². The molecule has 1 aliphatic rings. The van der Waals surface area contributed by atoms with Gasteiger partial charge in [0.05, 0.1) is 25.5 Å². The number of ether oxygens (including phenoxy) is 1. The summed E-state index contributed by atoms with van der Waals surface area (Å²) < 4.78 is 7.23. The molecule has 0 spiro atoms. The van der Waals surface area contributed by atoms with Crippen LogP contribution in [0.2, 0.25) is 0 Å². The first-order chi connectivity index (χ1) is 8.33. The molecule has 96 valence electrons. The summed E-state index contributed by atoms with van der Waals surface area (Å²) in [6, 6.07) is 0.133. The van der Waals surface area contributed by atoms with E-state index < -0.39 is 0 Å². The van der Waals surface area contributed by atoms with Crippen molar-refractivity contribution in [1.82, 2.24) is 20.2 Å². The molecule has 0 amide bonds. The second-order valence-electron chi connectivity index (χ2n) is 4.15. The summed E-state index contributed by atoms with van der Waals surface area (Å²) in [7, 11) is 0. The number of morpholine rings is 1. The zero-order valence-electron chi connectivity index (χ0n) is 10.3. The fourth-order valence-corrected chi connectivity index (χ4v) is 1.91. The fourth-order valence-electron chi connectivity index (χ4n) is 1.91. The van der Waals surface area contributed by atoms with Crippen LogP contribution >= 0.6 is 0 Å². The molecule has 6 nitrogen and oxygen atoms in total. The molecule has 1 aromatic rings. The van der Waals surface area contributed by atoms with Crippen molar-refractivity contribution in [2.24, 2.45) is 5.73 Å².